The minimum Gasteiger partial charge on any atom is -0.321 e. The first-order valence-electron chi connectivity index (χ1n) is 13.3. The van der Waals surface area contributed by atoms with E-state index in [0.717, 1.165) is 68.4 Å². The molecule has 0 saturated heterocycles. The molecule has 3 N–H and O–H groups in total. The fourth-order valence-corrected chi connectivity index (χ4v) is 5.75. The zero-order chi connectivity index (χ0) is 26.0. The average Bonchev–Trinajstić information content (AvgIpc) is 3.60. The van der Waals surface area contributed by atoms with Crippen molar-refractivity contribution in [2.75, 3.05) is 0 Å². The van der Waals surface area contributed by atoms with Crippen molar-refractivity contribution in [3.63, 3.8) is 0 Å². The molecule has 0 aliphatic heterocycles. The van der Waals surface area contributed by atoms with E-state index >= 15 is 0 Å². The van der Waals surface area contributed by atoms with Crippen molar-refractivity contribution in [1.82, 2.24) is 29.8 Å². The Kier molecular flexibility index (Phi) is 4.72. The second-order valence-electron chi connectivity index (χ2n) is 10.4. The van der Waals surface area contributed by atoms with Crippen molar-refractivity contribution in [3.8, 4) is 33.9 Å². The maximum Gasteiger partial charge on any atom is 0.189 e. The highest BCUT2D eigenvalue weighted by Gasteiger charge is 2.34. The number of fused-ring (bicyclic) bond motifs is 4. The lowest BCUT2D eigenvalue weighted by atomic mass is 9.72. The molecule has 0 bridgehead atoms. The van der Waals surface area contributed by atoms with Gasteiger partial charge in [-0.1, -0.05) is 72.8 Å². The van der Waals surface area contributed by atoms with Gasteiger partial charge in [0.15, 0.2) is 11.5 Å². The van der Waals surface area contributed by atoms with Crippen LogP contribution in [-0.2, 0) is 5.54 Å². The number of hydrogen-bond donors (Lipinski definition) is 2. The molecule has 3 aromatic carbocycles. The van der Waals surface area contributed by atoms with Gasteiger partial charge in [-0.05, 0) is 48.6 Å². The van der Waals surface area contributed by atoms with Crippen LogP contribution in [0.15, 0.2) is 97.2 Å². The molecule has 4 aromatic heterocycles. The predicted octanol–water partition coefficient (Wildman–Crippen LogP) is 6.49. The van der Waals surface area contributed by atoms with Crippen LogP contribution in [0, 0.1) is 0 Å². The molecule has 1 saturated carbocycles. The number of rotatable bonds is 4. The van der Waals surface area contributed by atoms with Gasteiger partial charge in [0.1, 0.15) is 5.69 Å². The van der Waals surface area contributed by atoms with E-state index in [1.54, 1.807) is 0 Å². The van der Waals surface area contributed by atoms with E-state index < -0.39 is 0 Å². The molecule has 0 amide bonds. The van der Waals surface area contributed by atoms with E-state index in [2.05, 4.69) is 75.0 Å². The van der Waals surface area contributed by atoms with Crippen LogP contribution >= 0.6 is 0 Å². The van der Waals surface area contributed by atoms with Gasteiger partial charge >= 0.3 is 0 Å². The van der Waals surface area contributed by atoms with Crippen LogP contribution < -0.4 is 5.73 Å². The molecule has 0 unspecified atom stereocenters. The van der Waals surface area contributed by atoms with Crippen molar-refractivity contribution in [3.05, 3.63) is 103 Å². The summed E-state index contributed by atoms with van der Waals surface area (Å²) in [5, 5.41) is 18.8. The topological polar surface area (TPSA) is 97.8 Å². The molecule has 39 heavy (non-hydrogen) atoms. The molecule has 0 atom stereocenters. The van der Waals surface area contributed by atoms with Gasteiger partial charge in [0.25, 0.3) is 0 Å². The number of aromatic nitrogens is 6. The summed E-state index contributed by atoms with van der Waals surface area (Å²) in [6.45, 7) is 0. The Morgan fingerprint density at radius 1 is 0.769 bits per heavy atom. The normalized spacial score (nSPS) is 14.7. The van der Waals surface area contributed by atoms with Crippen LogP contribution in [0.5, 0.6) is 0 Å². The number of nitrogens with two attached hydrogens (primary N) is 1. The number of aromatic amines is 1. The number of nitrogens with zero attached hydrogens (tertiary/aromatic N) is 5. The van der Waals surface area contributed by atoms with E-state index in [0.29, 0.717) is 5.82 Å². The van der Waals surface area contributed by atoms with Gasteiger partial charge in [-0.15, -0.1) is 10.2 Å². The first kappa shape index (κ1) is 22.1. The van der Waals surface area contributed by atoms with Crippen molar-refractivity contribution < 1.29 is 0 Å². The summed E-state index contributed by atoms with van der Waals surface area (Å²) in [5.41, 5.74) is 15.1. The van der Waals surface area contributed by atoms with E-state index in [-0.39, 0.29) is 5.54 Å². The molecule has 7 aromatic rings. The van der Waals surface area contributed by atoms with Crippen LogP contribution in [0.4, 0.5) is 0 Å². The maximum atomic E-state index is 6.59. The van der Waals surface area contributed by atoms with Crippen LogP contribution in [-0.4, -0.2) is 29.8 Å². The van der Waals surface area contributed by atoms with E-state index in [1.807, 2.05) is 47.0 Å². The third-order valence-corrected chi connectivity index (χ3v) is 8.12. The van der Waals surface area contributed by atoms with Gasteiger partial charge < -0.3 is 5.73 Å². The molecular weight excluding hydrogens is 482 g/mol. The first-order chi connectivity index (χ1) is 19.2. The number of benzene rings is 3. The number of para-hydroxylation sites is 1. The van der Waals surface area contributed by atoms with Crippen LogP contribution in [0.25, 0.3) is 61.4 Å². The second-order valence-corrected chi connectivity index (χ2v) is 10.4. The van der Waals surface area contributed by atoms with E-state index in [9.17, 15) is 0 Å². The summed E-state index contributed by atoms with van der Waals surface area (Å²) >= 11 is 0. The smallest absolute Gasteiger partial charge is 0.189 e. The van der Waals surface area contributed by atoms with Gasteiger partial charge in [0.2, 0.25) is 0 Å². The highest BCUT2D eigenvalue weighted by Crippen LogP contribution is 2.40. The molecule has 1 aliphatic rings. The summed E-state index contributed by atoms with van der Waals surface area (Å²) in [6, 6.07) is 31.3. The minimum absolute atomic E-state index is 0.186. The Morgan fingerprint density at radius 2 is 1.56 bits per heavy atom. The standard InChI is InChI=1S/C32H25N7/c33-32(16-6-17-32)22-13-11-21(12-14-22)28-24(20-7-2-1-3-8-20)19-25-26(34-28)15-18-39-30(25)37-38-31(39)29-23-9-4-5-10-27(23)35-36-29/h1-5,7-15,18-19H,6,16-17,33H2,(H,35,36). The Balaban J connectivity index is 1.32. The van der Waals surface area contributed by atoms with Crippen LogP contribution in [0.3, 0.4) is 0 Å². The Morgan fingerprint density at radius 3 is 2.36 bits per heavy atom. The van der Waals surface area contributed by atoms with Gasteiger partial charge in [-0.25, -0.2) is 4.98 Å². The van der Waals surface area contributed by atoms with Gasteiger partial charge in [0, 0.05) is 33.6 Å². The summed E-state index contributed by atoms with van der Waals surface area (Å²) in [5.74, 6) is 0.692. The summed E-state index contributed by atoms with van der Waals surface area (Å²) in [4.78, 5) is 5.19. The fraction of sp³-hybridized carbons (Fsp3) is 0.125. The molecule has 188 valence electrons. The molecule has 0 spiro atoms. The molecule has 0 radical (unpaired) electrons. The van der Waals surface area contributed by atoms with E-state index in [1.165, 1.54) is 12.0 Å². The van der Waals surface area contributed by atoms with Crippen LogP contribution in [0.2, 0.25) is 0 Å². The van der Waals surface area contributed by atoms with Crippen molar-refractivity contribution in [1.29, 1.82) is 0 Å². The second kappa shape index (κ2) is 8.31. The lowest BCUT2D eigenvalue weighted by Gasteiger charge is -2.38. The number of nitrogens with one attached hydrogen (secondary N) is 1. The molecule has 7 nitrogen and oxygen atoms in total. The summed E-state index contributed by atoms with van der Waals surface area (Å²) in [6.07, 6.45) is 5.26. The van der Waals surface area contributed by atoms with Gasteiger partial charge in [0.05, 0.1) is 16.7 Å². The third kappa shape index (κ3) is 3.40. The molecule has 1 fully saturated rings. The lowest BCUT2D eigenvalue weighted by molar-refractivity contribution is 0.253. The fourth-order valence-electron chi connectivity index (χ4n) is 5.75. The highest BCUT2D eigenvalue weighted by molar-refractivity contribution is 5.99. The van der Waals surface area contributed by atoms with Crippen molar-refractivity contribution in [2.45, 2.75) is 24.8 Å². The zero-order valence-electron chi connectivity index (χ0n) is 21.2. The van der Waals surface area contributed by atoms with Crippen LogP contribution in [0.1, 0.15) is 24.8 Å². The zero-order valence-corrected chi connectivity index (χ0v) is 21.2. The van der Waals surface area contributed by atoms with Crippen molar-refractivity contribution >= 4 is 27.5 Å². The third-order valence-electron chi connectivity index (χ3n) is 8.12. The quantitative estimate of drug-likeness (QED) is 0.284. The molecule has 8 rings (SSSR count). The van der Waals surface area contributed by atoms with Gasteiger partial charge in [-0.2, -0.15) is 5.10 Å². The van der Waals surface area contributed by atoms with Crippen molar-refractivity contribution in [2.24, 2.45) is 5.73 Å². The number of hydrogen-bond acceptors (Lipinski definition) is 5. The number of pyridine rings is 2. The lowest BCUT2D eigenvalue weighted by Crippen LogP contribution is -2.43. The molecule has 4 heterocycles. The van der Waals surface area contributed by atoms with E-state index in [4.69, 9.17) is 10.7 Å². The summed E-state index contributed by atoms with van der Waals surface area (Å²) < 4.78 is 2.00. The molecule has 7 heteroatoms. The maximum absolute atomic E-state index is 6.59. The predicted molar refractivity (Wildman–Crippen MR) is 154 cm³/mol. The summed E-state index contributed by atoms with van der Waals surface area (Å²) in [7, 11) is 0. The highest BCUT2D eigenvalue weighted by atomic mass is 15.3. The first-order valence-corrected chi connectivity index (χ1v) is 13.3. The SMILES string of the molecule is NC1(c2ccc(-c3nc4ccn5c(-c6n[nH]c7ccccc67)nnc5c4cc3-c3ccccc3)cc2)CCC1. The molecular formula is C32H25N7. The molecule has 1 aliphatic carbocycles. The average molecular weight is 508 g/mol. The largest absolute Gasteiger partial charge is 0.321 e. The Hall–Kier alpha value is -4.88. The number of H-pyrrole nitrogens is 1. The monoisotopic (exact) mass is 507 g/mol. The Labute approximate surface area is 224 Å². The minimum atomic E-state index is -0.186. The van der Waals surface area contributed by atoms with Gasteiger partial charge in [-0.3, -0.25) is 9.50 Å². The Bertz CT molecular complexity index is 2000.